The third-order valence-electron chi connectivity index (χ3n) is 3.59. The van der Waals surface area contributed by atoms with Gasteiger partial charge < -0.3 is 18.9 Å². The first-order chi connectivity index (χ1) is 14.2. The van der Waals surface area contributed by atoms with E-state index in [-0.39, 0.29) is 103 Å². The topological polar surface area (TPSA) is 72.4 Å². The molecule has 0 spiro atoms. The molecule has 26 heteroatoms. The van der Waals surface area contributed by atoms with Crippen molar-refractivity contribution < 1.29 is 205 Å². The molecular formula is C10H2F19K2O4P. The summed E-state index contributed by atoms with van der Waals surface area (Å²) in [6.07, 6.45) is -7.98. The van der Waals surface area contributed by atoms with Crippen LogP contribution in [0.5, 0.6) is 0 Å². The van der Waals surface area contributed by atoms with Crippen molar-refractivity contribution in [3.05, 3.63) is 0 Å². The summed E-state index contributed by atoms with van der Waals surface area (Å²) in [4.78, 5) is 19.8. The smallest absolute Gasteiger partial charge is 0.790 e. The van der Waals surface area contributed by atoms with E-state index in [0.717, 1.165) is 0 Å². The zero-order chi connectivity index (χ0) is 28.4. The van der Waals surface area contributed by atoms with Gasteiger partial charge in [0.15, 0.2) is 0 Å². The van der Waals surface area contributed by atoms with Crippen LogP contribution < -0.4 is 113 Å². The van der Waals surface area contributed by atoms with Gasteiger partial charge in [0.25, 0.3) is 0 Å². The van der Waals surface area contributed by atoms with Gasteiger partial charge in [-0.1, -0.05) is 0 Å². The summed E-state index contributed by atoms with van der Waals surface area (Å²) < 4.78 is 258. The molecule has 0 saturated heterocycles. The molecule has 0 radical (unpaired) electrons. The van der Waals surface area contributed by atoms with E-state index in [2.05, 4.69) is 4.52 Å². The summed E-state index contributed by atoms with van der Waals surface area (Å²) in [5.41, 5.74) is 0. The van der Waals surface area contributed by atoms with E-state index in [0.29, 0.717) is 0 Å². The molecule has 0 aliphatic carbocycles. The molecule has 0 aromatic carbocycles. The Hall–Kier alpha value is 2.05. The maximum Gasteiger partial charge on any atom is 1.00 e. The van der Waals surface area contributed by atoms with E-state index >= 15 is 0 Å². The molecular weight excluding hydrogens is 654 g/mol. The summed E-state index contributed by atoms with van der Waals surface area (Å²) >= 11 is 0. The molecule has 0 amide bonds. The van der Waals surface area contributed by atoms with Crippen LogP contribution in [-0.2, 0) is 9.09 Å². The van der Waals surface area contributed by atoms with Gasteiger partial charge in [-0.05, 0) is 0 Å². The average molecular weight is 656 g/mol. The monoisotopic (exact) mass is 656 g/mol. The van der Waals surface area contributed by atoms with Gasteiger partial charge >= 0.3 is 156 Å². The maximum atomic E-state index is 13.3. The van der Waals surface area contributed by atoms with Crippen LogP contribution in [0, 0.1) is 0 Å². The second-order valence-electron chi connectivity index (χ2n) is 5.94. The van der Waals surface area contributed by atoms with Crippen LogP contribution in [-0.4, -0.2) is 60.2 Å². The van der Waals surface area contributed by atoms with Crippen LogP contribution in [0.2, 0.25) is 0 Å². The molecule has 36 heavy (non-hydrogen) atoms. The Morgan fingerprint density at radius 1 is 0.472 bits per heavy atom. The predicted octanol–water partition coefficient (Wildman–Crippen LogP) is -1.52. The van der Waals surface area contributed by atoms with Crippen LogP contribution in [0.4, 0.5) is 83.4 Å². The number of phosphoric acid groups is 1. The molecule has 0 heterocycles. The van der Waals surface area contributed by atoms with Gasteiger partial charge in [0.2, 0.25) is 0 Å². The summed E-state index contributed by atoms with van der Waals surface area (Å²) in [6, 6.07) is 0. The Balaban J connectivity index is -0.00000544. The molecule has 0 aromatic heterocycles. The second kappa shape index (κ2) is 11.7. The number of rotatable bonds is 10. The number of alkyl halides is 19. The van der Waals surface area contributed by atoms with Gasteiger partial charge in [-0.2, -0.15) is 83.4 Å². The molecule has 0 fully saturated rings. The first kappa shape index (κ1) is 42.5. The molecule has 0 saturated carbocycles. The van der Waals surface area contributed by atoms with E-state index in [4.69, 9.17) is 0 Å². The molecule has 0 N–H and O–H groups in total. The van der Waals surface area contributed by atoms with Crippen molar-refractivity contribution in [3.63, 3.8) is 0 Å². The SMILES string of the molecule is O=P([O-])([O-])OCC(F)(F)C(F)(F)C(F)(F)C(F)(F)C(F)(F)C(F)(F)C(F)(F)C(F)(F)C(F)(F)F.[K+].[K+]. The van der Waals surface area contributed by atoms with Crippen molar-refractivity contribution in [2.24, 2.45) is 0 Å². The Morgan fingerprint density at radius 3 is 0.917 bits per heavy atom. The molecule has 0 rings (SSSR count). The zero-order valence-electron chi connectivity index (χ0n) is 16.5. The molecule has 0 aromatic rings. The predicted molar refractivity (Wildman–Crippen MR) is 59.2 cm³/mol. The molecule has 4 nitrogen and oxygen atoms in total. The fraction of sp³-hybridized carbons (Fsp3) is 1.00. The number of halogens is 19. The van der Waals surface area contributed by atoms with Crippen molar-refractivity contribution in [2.45, 2.75) is 53.6 Å². The Labute approximate surface area is 269 Å². The standard InChI is InChI=1S/C10H4F19O4P.2K/c11-2(12,1-33-34(30,31)32)3(13,14)4(15,16)5(17,18)6(19,20)7(21,22)8(23,24)9(25,26)10(27,28)29;;/h1H2,(H2,30,31,32);;/q;2*+1/p-2. The van der Waals surface area contributed by atoms with Gasteiger partial charge in [0.05, 0.1) is 7.82 Å². The van der Waals surface area contributed by atoms with E-state index in [1.807, 2.05) is 0 Å². The molecule has 206 valence electrons. The second-order valence-corrected chi connectivity index (χ2v) is 7.10. The quantitative estimate of drug-likeness (QED) is 0.163. The summed E-state index contributed by atoms with van der Waals surface area (Å²) in [5, 5.41) is 0. The van der Waals surface area contributed by atoms with Gasteiger partial charge in [-0.3, -0.25) is 0 Å². The van der Waals surface area contributed by atoms with Crippen LogP contribution in [0.1, 0.15) is 0 Å². The average Bonchev–Trinajstić information content (AvgIpc) is 2.57. The van der Waals surface area contributed by atoms with Crippen molar-refractivity contribution in [1.29, 1.82) is 0 Å². The fourth-order valence-corrected chi connectivity index (χ4v) is 1.96. The molecule has 0 unspecified atom stereocenters. The van der Waals surface area contributed by atoms with Crippen molar-refractivity contribution >= 4 is 7.82 Å². The normalized spacial score (nSPS) is 15.8. The molecule has 0 aliphatic rings. The fourth-order valence-electron chi connectivity index (χ4n) is 1.64. The van der Waals surface area contributed by atoms with E-state index in [1.165, 1.54) is 0 Å². The van der Waals surface area contributed by atoms with E-state index in [1.54, 1.807) is 0 Å². The van der Waals surface area contributed by atoms with Crippen molar-refractivity contribution in [1.82, 2.24) is 0 Å². The summed E-state index contributed by atoms with van der Waals surface area (Å²) in [5.74, 6) is -68.6. The van der Waals surface area contributed by atoms with Crippen LogP contribution in [0.25, 0.3) is 0 Å². The van der Waals surface area contributed by atoms with E-state index in [9.17, 15) is 97.8 Å². The third kappa shape index (κ3) is 6.74. The minimum atomic E-state index is -9.09. The van der Waals surface area contributed by atoms with Gasteiger partial charge in [-0.15, -0.1) is 0 Å². The van der Waals surface area contributed by atoms with Crippen molar-refractivity contribution in [2.75, 3.05) is 6.61 Å². The number of phosphoric ester groups is 1. The molecule has 0 atom stereocenters. The largest absolute Gasteiger partial charge is 1.00 e. The van der Waals surface area contributed by atoms with Crippen LogP contribution >= 0.6 is 7.82 Å². The van der Waals surface area contributed by atoms with E-state index < -0.39 is 68.0 Å². The van der Waals surface area contributed by atoms with Gasteiger partial charge in [0, 0.05) is 0 Å². The third-order valence-corrected chi connectivity index (χ3v) is 4.03. The Bertz CT molecular complexity index is 807. The number of hydrogen-bond donors (Lipinski definition) is 0. The minimum Gasteiger partial charge on any atom is -0.790 e. The van der Waals surface area contributed by atoms with Gasteiger partial charge in [-0.25, -0.2) is 0 Å². The minimum absolute atomic E-state index is 0. The first-order valence-corrected chi connectivity index (χ1v) is 8.42. The Morgan fingerprint density at radius 2 is 0.694 bits per heavy atom. The summed E-state index contributed by atoms with van der Waals surface area (Å²) in [6.45, 7) is -3.87. The van der Waals surface area contributed by atoms with Crippen LogP contribution in [0.3, 0.4) is 0 Å². The maximum absolute atomic E-state index is 13.3. The van der Waals surface area contributed by atoms with Crippen LogP contribution in [0.15, 0.2) is 0 Å². The zero-order valence-corrected chi connectivity index (χ0v) is 23.6. The number of hydrogen-bond acceptors (Lipinski definition) is 4. The first-order valence-electron chi connectivity index (χ1n) is 6.96. The van der Waals surface area contributed by atoms with Gasteiger partial charge in [0.1, 0.15) is 6.61 Å². The Kier molecular flexibility index (Phi) is 13.9. The summed E-state index contributed by atoms with van der Waals surface area (Å²) in [7, 11) is -6.84. The van der Waals surface area contributed by atoms with Crippen molar-refractivity contribution in [3.8, 4) is 0 Å². The molecule has 0 bridgehead atoms. The molecule has 0 aliphatic heterocycles.